The average molecular weight is 556 g/mol. The standard InChI is InChI=1S/C42H37N/c1-28-14-12-13-19-35(28)36-23-24-38-41(30(36)3)37-22-20-32(27-39(37)42(38,4)5)31-21-25-40(29(2)26-31)43(33-15-8-6-9-16-33)34-17-10-7-11-18-34/h6-27H,1-5H3. The number of aryl methyl sites for hydroxylation is 2. The SMILES string of the molecule is Cc1ccccc1-c1ccc2c(c1C)-c1ccc(-c3ccc(N(c4ccccc4)c4ccccc4)c(C)c3)cc1C2(C)C. The van der Waals surface area contributed by atoms with Crippen molar-refractivity contribution in [2.24, 2.45) is 0 Å². The van der Waals surface area contributed by atoms with Gasteiger partial charge in [-0.2, -0.15) is 0 Å². The molecule has 0 amide bonds. The van der Waals surface area contributed by atoms with E-state index < -0.39 is 0 Å². The van der Waals surface area contributed by atoms with Gasteiger partial charge in [0.25, 0.3) is 0 Å². The van der Waals surface area contributed by atoms with Crippen molar-refractivity contribution in [3.63, 3.8) is 0 Å². The number of anilines is 3. The van der Waals surface area contributed by atoms with Gasteiger partial charge in [-0.1, -0.05) is 105 Å². The van der Waals surface area contributed by atoms with Crippen molar-refractivity contribution in [3.05, 3.63) is 161 Å². The fourth-order valence-electron chi connectivity index (χ4n) is 7.02. The highest BCUT2D eigenvalue weighted by Crippen LogP contribution is 2.52. The first kappa shape index (κ1) is 27.0. The average Bonchev–Trinajstić information content (AvgIpc) is 3.26. The number of hydrogen-bond donors (Lipinski definition) is 0. The molecule has 0 atom stereocenters. The Morgan fingerprint density at radius 2 is 1.05 bits per heavy atom. The summed E-state index contributed by atoms with van der Waals surface area (Å²) in [7, 11) is 0. The quantitative estimate of drug-likeness (QED) is 0.204. The molecule has 0 fully saturated rings. The van der Waals surface area contributed by atoms with Gasteiger partial charge in [0.2, 0.25) is 0 Å². The second-order valence-corrected chi connectivity index (χ2v) is 12.4. The molecule has 0 aliphatic heterocycles. The number of fused-ring (bicyclic) bond motifs is 3. The zero-order chi connectivity index (χ0) is 29.7. The van der Waals surface area contributed by atoms with Gasteiger partial charge in [0.15, 0.2) is 0 Å². The lowest BCUT2D eigenvalue weighted by Gasteiger charge is -2.27. The highest BCUT2D eigenvalue weighted by Gasteiger charge is 2.37. The molecule has 0 N–H and O–H groups in total. The van der Waals surface area contributed by atoms with Crippen molar-refractivity contribution >= 4 is 17.1 Å². The molecule has 0 radical (unpaired) electrons. The molecule has 0 aromatic heterocycles. The molecule has 6 aromatic carbocycles. The number of benzene rings is 6. The van der Waals surface area contributed by atoms with E-state index in [0.717, 1.165) is 11.4 Å². The van der Waals surface area contributed by atoms with E-state index in [0.29, 0.717) is 0 Å². The summed E-state index contributed by atoms with van der Waals surface area (Å²) in [5, 5.41) is 0. The molecular formula is C42H37N. The van der Waals surface area contributed by atoms with Crippen molar-refractivity contribution in [2.45, 2.75) is 40.0 Å². The van der Waals surface area contributed by atoms with Crippen LogP contribution >= 0.6 is 0 Å². The van der Waals surface area contributed by atoms with E-state index in [4.69, 9.17) is 0 Å². The van der Waals surface area contributed by atoms with Gasteiger partial charge in [-0.05, 0) is 124 Å². The van der Waals surface area contributed by atoms with Crippen LogP contribution in [0.15, 0.2) is 133 Å². The summed E-state index contributed by atoms with van der Waals surface area (Å²) in [5.41, 5.74) is 18.1. The van der Waals surface area contributed by atoms with Crippen LogP contribution in [0.3, 0.4) is 0 Å². The van der Waals surface area contributed by atoms with Gasteiger partial charge in [-0.15, -0.1) is 0 Å². The van der Waals surface area contributed by atoms with Gasteiger partial charge in [-0.25, -0.2) is 0 Å². The fraction of sp³-hybridized carbons (Fsp3) is 0.143. The van der Waals surface area contributed by atoms with E-state index in [1.165, 1.54) is 66.9 Å². The Bertz CT molecular complexity index is 1930. The number of nitrogens with zero attached hydrogens (tertiary/aromatic N) is 1. The van der Waals surface area contributed by atoms with Crippen molar-refractivity contribution < 1.29 is 0 Å². The maximum atomic E-state index is 2.43. The topological polar surface area (TPSA) is 3.24 Å². The predicted octanol–water partition coefficient (Wildman–Crippen LogP) is 11.7. The first-order valence-electron chi connectivity index (χ1n) is 15.2. The van der Waals surface area contributed by atoms with Crippen LogP contribution in [0.25, 0.3) is 33.4 Å². The van der Waals surface area contributed by atoms with Crippen LogP contribution in [0.5, 0.6) is 0 Å². The monoisotopic (exact) mass is 555 g/mol. The normalized spacial score (nSPS) is 13.0. The summed E-state index contributed by atoms with van der Waals surface area (Å²) in [6, 6.07) is 48.7. The van der Waals surface area contributed by atoms with Crippen LogP contribution in [-0.2, 0) is 5.41 Å². The van der Waals surface area contributed by atoms with Crippen LogP contribution < -0.4 is 4.90 Å². The second-order valence-electron chi connectivity index (χ2n) is 12.4. The molecule has 0 spiro atoms. The van der Waals surface area contributed by atoms with Crippen LogP contribution in [0.4, 0.5) is 17.1 Å². The minimum absolute atomic E-state index is 0.0674. The summed E-state index contributed by atoms with van der Waals surface area (Å²) in [6.45, 7) is 11.5. The lowest BCUT2D eigenvalue weighted by molar-refractivity contribution is 0.660. The molecule has 43 heavy (non-hydrogen) atoms. The Balaban J connectivity index is 1.30. The van der Waals surface area contributed by atoms with E-state index in [1.807, 2.05) is 0 Å². The van der Waals surface area contributed by atoms with Gasteiger partial charge < -0.3 is 4.90 Å². The fourth-order valence-corrected chi connectivity index (χ4v) is 7.02. The first-order chi connectivity index (χ1) is 20.8. The molecular weight excluding hydrogens is 518 g/mol. The molecule has 1 heteroatoms. The van der Waals surface area contributed by atoms with Gasteiger partial charge in [0.05, 0.1) is 0 Å². The molecule has 1 nitrogen and oxygen atoms in total. The summed E-state index contributed by atoms with van der Waals surface area (Å²) in [5.74, 6) is 0. The van der Waals surface area contributed by atoms with Gasteiger partial charge in [0, 0.05) is 22.5 Å². The Morgan fingerprint density at radius 1 is 0.465 bits per heavy atom. The minimum Gasteiger partial charge on any atom is -0.310 e. The van der Waals surface area contributed by atoms with E-state index in [2.05, 4.69) is 173 Å². The van der Waals surface area contributed by atoms with Crippen molar-refractivity contribution in [2.75, 3.05) is 4.90 Å². The zero-order valence-corrected chi connectivity index (χ0v) is 25.6. The van der Waals surface area contributed by atoms with Crippen LogP contribution in [-0.4, -0.2) is 0 Å². The lowest BCUT2D eigenvalue weighted by atomic mass is 9.80. The summed E-state index contributed by atoms with van der Waals surface area (Å²) >= 11 is 0. The molecule has 7 rings (SSSR count). The van der Waals surface area contributed by atoms with E-state index >= 15 is 0 Å². The summed E-state index contributed by atoms with van der Waals surface area (Å²) in [6.07, 6.45) is 0. The van der Waals surface area contributed by atoms with Crippen LogP contribution in [0.2, 0.25) is 0 Å². The number of para-hydroxylation sites is 2. The van der Waals surface area contributed by atoms with E-state index in [9.17, 15) is 0 Å². The molecule has 1 aliphatic carbocycles. The third kappa shape index (κ3) is 4.48. The largest absolute Gasteiger partial charge is 0.310 e. The molecule has 0 saturated heterocycles. The highest BCUT2D eigenvalue weighted by molar-refractivity contribution is 5.90. The molecule has 6 aromatic rings. The molecule has 0 heterocycles. The summed E-state index contributed by atoms with van der Waals surface area (Å²) in [4.78, 5) is 2.34. The van der Waals surface area contributed by atoms with Crippen molar-refractivity contribution in [3.8, 4) is 33.4 Å². The van der Waals surface area contributed by atoms with E-state index in [-0.39, 0.29) is 5.41 Å². The summed E-state index contributed by atoms with van der Waals surface area (Å²) < 4.78 is 0. The molecule has 0 unspecified atom stereocenters. The van der Waals surface area contributed by atoms with E-state index in [1.54, 1.807) is 0 Å². The Morgan fingerprint density at radius 3 is 1.70 bits per heavy atom. The third-order valence-corrected chi connectivity index (χ3v) is 9.34. The third-order valence-electron chi connectivity index (χ3n) is 9.34. The Labute approximate surface area is 256 Å². The molecule has 210 valence electrons. The van der Waals surface area contributed by atoms with Gasteiger partial charge >= 0.3 is 0 Å². The molecule has 0 bridgehead atoms. The Hall–Kier alpha value is -4.88. The van der Waals surface area contributed by atoms with Crippen molar-refractivity contribution in [1.29, 1.82) is 0 Å². The predicted molar refractivity (Wildman–Crippen MR) is 184 cm³/mol. The Kier molecular flexibility index (Phi) is 6.55. The second kappa shape index (κ2) is 10.4. The highest BCUT2D eigenvalue weighted by atomic mass is 15.1. The van der Waals surface area contributed by atoms with Gasteiger partial charge in [-0.3, -0.25) is 0 Å². The number of hydrogen-bond acceptors (Lipinski definition) is 1. The number of rotatable bonds is 5. The lowest BCUT2D eigenvalue weighted by Crippen LogP contribution is -2.15. The first-order valence-corrected chi connectivity index (χ1v) is 15.2. The van der Waals surface area contributed by atoms with Crippen LogP contribution in [0.1, 0.15) is 41.7 Å². The van der Waals surface area contributed by atoms with Crippen molar-refractivity contribution in [1.82, 2.24) is 0 Å². The smallest absolute Gasteiger partial charge is 0.0491 e. The maximum absolute atomic E-state index is 2.43. The van der Waals surface area contributed by atoms with Gasteiger partial charge in [0.1, 0.15) is 0 Å². The maximum Gasteiger partial charge on any atom is 0.0491 e. The molecule has 1 aliphatic rings. The zero-order valence-electron chi connectivity index (χ0n) is 25.6. The molecule has 0 saturated carbocycles. The van der Waals surface area contributed by atoms with Crippen LogP contribution in [0, 0.1) is 20.8 Å². The minimum atomic E-state index is -0.0674.